The summed E-state index contributed by atoms with van der Waals surface area (Å²) in [5.41, 5.74) is 3.97. The largest absolute Gasteiger partial charge is 0.373 e. The van der Waals surface area contributed by atoms with Crippen molar-refractivity contribution in [2.24, 2.45) is 0 Å². The normalized spacial score (nSPS) is 15.9. The number of nitrogens with zero attached hydrogens (tertiary/aromatic N) is 1. The van der Waals surface area contributed by atoms with Crippen LogP contribution in [-0.4, -0.2) is 37.7 Å². The Hall–Kier alpha value is -2.77. The summed E-state index contributed by atoms with van der Waals surface area (Å²) in [6, 6.07) is 12.2. The molecule has 0 amide bonds. The van der Waals surface area contributed by atoms with Crippen LogP contribution in [0, 0.1) is 0 Å². The first kappa shape index (κ1) is 17.3. The number of sulfone groups is 1. The van der Waals surface area contributed by atoms with Gasteiger partial charge in [-0.25, -0.2) is 8.42 Å². The SMILES string of the molecule is CN1CCS(=O)(=O)c2cc(-c3cc(=O)[nH]c4c3[nH]c3ccc(Cl)cc34)ccc21. The molecule has 0 spiro atoms. The van der Waals surface area contributed by atoms with Gasteiger partial charge in [-0.1, -0.05) is 17.7 Å². The fourth-order valence-electron chi connectivity index (χ4n) is 3.82. The first-order chi connectivity index (χ1) is 13.3. The average Bonchev–Trinajstić information content (AvgIpc) is 3.02. The smallest absolute Gasteiger partial charge is 0.249 e. The van der Waals surface area contributed by atoms with Crippen molar-refractivity contribution < 1.29 is 8.42 Å². The van der Waals surface area contributed by atoms with Crippen LogP contribution in [0.1, 0.15) is 0 Å². The van der Waals surface area contributed by atoms with E-state index in [9.17, 15) is 13.2 Å². The maximum Gasteiger partial charge on any atom is 0.249 e. The van der Waals surface area contributed by atoms with Crippen molar-refractivity contribution in [2.75, 3.05) is 24.2 Å². The molecular formula is C20H16ClN3O3S. The molecule has 2 aromatic carbocycles. The topological polar surface area (TPSA) is 86.0 Å². The number of aromatic amines is 2. The standard InChI is InChI=1S/C20H16ClN3O3S/c1-24-6-7-28(26,27)17-8-11(2-5-16(17)24)13-10-18(25)23-20-14-9-12(21)3-4-15(14)22-19(13)20/h2-5,8-10,22H,6-7H2,1H3,(H,23,25). The molecule has 6 nitrogen and oxygen atoms in total. The molecule has 3 heterocycles. The van der Waals surface area contributed by atoms with Crippen LogP contribution in [0.3, 0.4) is 0 Å². The second-order valence-corrected chi connectivity index (χ2v) is 9.55. The molecule has 0 fully saturated rings. The van der Waals surface area contributed by atoms with E-state index in [0.717, 1.165) is 16.4 Å². The van der Waals surface area contributed by atoms with E-state index in [1.165, 1.54) is 6.07 Å². The van der Waals surface area contributed by atoms with E-state index in [-0.39, 0.29) is 11.3 Å². The zero-order chi connectivity index (χ0) is 19.6. The first-order valence-electron chi connectivity index (χ1n) is 8.76. The van der Waals surface area contributed by atoms with E-state index in [1.807, 2.05) is 24.1 Å². The summed E-state index contributed by atoms with van der Waals surface area (Å²) in [6.07, 6.45) is 0. The molecule has 0 radical (unpaired) electrons. The molecule has 0 aliphatic carbocycles. The van der Waals surface area contributed by atoms with Crippen LogP contribution in [-0.2, 0) is 9.84 Å². The lowest BCUT2D eigenvalue weighted by Crippen LogP contribution is -2.32. The molecule has 5 rings (SSSR count). The van der Waals surface area contributed by atoms with Crippen molar-refractivity contribution in [3.05, 3.63) is 57.8 Å². The number of nitrogens with one attached hydrogen (secondary N) is 2. The number of pyridine rings is 1. The number of anilines is 1. The highest BCUT2D eigenvalue weighted by molar-refractivity contribution is 7.91. The average molecular weight is 414 g/mol. The lowest BCUT2D eigenvalue weighted by atomic mass is 10.0. The lowest BCUT2D eigenvalue weighted by molar-refractivity contribution is 0.591. The van der Waals surface area contributed by atoms with E-state index in [1.54, 1.807) is 24.3 Å². The Kier molecular flexibility index (Phi) is 3.63. The van der Waals surface area contributed by atoms with Gasteiger partial charge in [0.05, 0.1) is 27.4 Å². The van der Waals surface area contributed by atoms with E-state index in [2.05, 4.69) is 9.97 Å². The number of halogens is 1. The van der Waals surface area contributed by atoms with E-state index >= 15 is 0 Å². The van der Waals surface area contributed by atoms with Gasteiger partial charge in [0.2, 0.25) is 5.56 Å². The fraction of sp³-hybridized carbons (Fsp3) is 0.150. The molecule has 28 heavy (non-hydrogen) atoms. The van der Waals surface area contributed by atoms with Gasteiger partial charge < -0.3 is 14.9 Å². The molecule has 0 unspecified atom stereocenters. The Balaban J connectivity index is 1.83. The van der Waals surface area contributed by atoms with Gasteiger partial charge in [-0.05, 0) is 35.9 Å². The van der Waals surface area contributed by atoms with Gasteiger partial charge in [-0.15, -0.1) is 0 Å². The van der Waals surface area contributed by atoms with Crippen molar-refractivity contribution in [1.82, 2.24) is 9.97 Å². The minimum absolute atomic E-state index is 0.0790. The summed E-state index contributed by atoms with van der Waals surface area (Å²) in [5.74, 6) is 0.0790. The predicted molar refractivity (Wildman–Crippen MR) is 112 cm³/mol. The number of aromatic nitrogens is 2. The molecule has 142 valence electrons. The summed E-state index contributed by atoms with van der Waals surface area (Å²) in [6.45, 7) is 0.465. The number of fused-ring (bicyclic) bond motifs is 4. The van der Waals surface area contributed by atoms with Crippen LogP contribution in [0.5, 0.6) is 0 Å². The minimum atomic E-state index is -3.35. The Morgan fingerprint density at radius 3 is 2.68 bits per heavy atom. The Bertz CT molecular complexity index is 1440. The first-order valence-corrected chi connectivity index (χ1v) is 10.8. The van der Waals surface area contributed by atoms with Crippen molar-refractivity contribution in [2.45, 2.75) is 4.90 Å². The summed E-state index contributed by atoms with van der Waals surface area (Å²) in [7, 11) is -1.48. The van der Waals surface area contributed by atoms with Crippen LogP contribution in [0.4, 0.5) is 5.69 Å². The van der Waals surface area contributed by atoms with Gasteiger partial charge in [0, 0.05) is 41.1 Å². The maximum absolute atomic E-state index is 12.6. The number of hydrogen-bond acceptors (Lipinski definition) is 4. The van der Waals surface area contributed by atoms with Gasteiger partial charge >= 0.3 is 0 Å². The van der Waals surface area contributed by atoms with Crippen molar-refractivity contribution in [3.63, 3.8) is 0 Å². The predicted octanol–water partition coefficient (Wildman–Crippen LogP) is 3.55. The van der Waals surface area contributed by atoms with Crippen molar-refractivity contribution in [1.29, 1.82) is 0 Å². The second kappa shape index (κ2) is 5.86. The molecule has 1 aliphatic rings. The molecule has 2 N–H and O–H groups in total. The number of benzene rings is 2. The third-order valence-electron chi connectivity index (χ3n) is 5.27. The maximum atomic E-state index is 12.6. The van der Waals surface area contributed by atoms with Gasteiger partial charge in [0.25, 0.3) is 0 Å². The molecular weight excluding hydrogens is 398 g/mol. The third kappa shape index (κ3) is 2.54. The number of H-pyrrole nitrogens is 2. The molecule has 0 bridgehead atoms. The highest BCUT2D eigenvalue weighted by Gasteiger charge is 2.27. The van der Waals surface area contributed by atoms with E-state index < -0.39 is 9.84 Å². The van der Waals surface area contributed by atoms with Crippen molar-refractivity contribution in [3.8, 4) is 11.1 Å². The molecule has 1 aliphatic heterocycles. The van der Waals surface area contributed by atoms with Gasteiger partial charge in [-0.3, -0.25) is 4.79 Å². The van der Waals surface area contributed by atoms with Crippen molar-refractivity contribution >= 4 is 49.1 Å². The van der Waals surface area contributed by atoms with E-state index in [0.29, 0.717) is 38.8 Å². The Labute approximate surface area is 165 Å². The van der Waals surface area contributed by atoms with Crippen LogP contribution in [0.25, 0.3) is 33.1 Å². The quantitative estimate of drug-likeness (QED) is 0.499. The monoisotopic (exact) mass is 413 g/mol. The highest BCUT2D eigenvalue weighted by atomic mass is 35.5. The fourth-order valence-corrected chi connectivity index (χ4v) is 5.58. The van der Waals surface area contributed by atoms with Crippen LogP contribution >= 0.6 is 11.6 Å². The highest BCUT2D eigenvalue weighted by Crippen LogP contribution is 2.36. The molecule has 0 saturated heterocycles. The van der Waals surface area contributed by atoms with Crippen LogP contribution in [0.2, 0.25) is 5.02 Å². The van der Waals surface area contributed by atoms with E-state index in [4.69, 9.17) is 11.6 Å². The zero-order valence-electron chi connectivity index (χ0n) is 14.9. The third-order valence-corrected chi connectivity index (χ3v) is 7.22. The molecule has 4 aromatic rings. The summed E-state index contributed by atoms with van der Waals surface area (Å²) < 4.78 is 25.2. The molecule has 0 saturated carbocycles. The summed E-state index contributed by atoms with van der Waals surface area (Å²) in [4.78, 5) is 20.8. The molecule has 2 aromatic heterocycles. The molecule has 8 heteroatoms. The summed E-state index contributed by atoms with van der Waals surface area (Å²) >= 11 is 6.12. The lowest BCUT2D eigenvalue weighted by Gasteiger charge is -2.27. The minimum Gasteiger partial charge on any atom is -0.373 e. The Morgan fingerprint density at radius 2 is 1.86 bits per heavy atom. The number of rotatable bonds is 1. The number of hydrogen-bond donors (Lipinski definition) is 2. The Morgan fingerprint density at radius 1 is 1.04 bits per heavy atom. The van der Waals surface area contributed by atoms with Crippen LogP contribution in [0.15, 0.2) is 52.2 Å². The molecule has 0 atom stereocenters. The van der Waals surface area contributed by atoms with Gasteiger partial charge in [0.15, 0.2) is 9.84 Å². The second-order valence-electron chi connectivity index (χ2n) is 7.04. The van der Waals surface area contributed by atoms with Gasteiger partial charge in [0.1, 0.15) is 0 Å². The zero-order valence-corrected chi connectivity index (χ0v) is 16.5. The van der Waals surface area contributed by atoms with Gasteiger partial charge in [-0.2, -0.15) is 0 Å². The summed E-state index contributed by atoms with van der Waals surface area (Å²) in [5, 5.41) is 1.38. The van der Waals surface area contributed by atoms with Crippen LogP contribution < -0.4 is 10.5 Å².